The molecule has 0 saturated carbocycles. The second-order valence-corrected chi connectivity index (χ2v) is 3.60. The van der Waals surface area contributed by atoms with Crippen LogP contribution in [0.5, 0.6) is 0 Å². The van der Waals surface area contributed by atoms with Crippen LogP contribution >= 0.6 is 0 Å². The Balaban J connectivity index is 2.39. The van der Waals surface area contributed by atoms with E-state index in [0.717, 1.165) is 11.4 Å². The molecule has 1 aromatic heterocycles. The van der Waals surface area contributed by atoms with Crippen LogP contribution in [0.2, 0.25) is 0 Å². The van der Waals surface area contributed by atoms with Gasteiger partial charge in [-0.3, -0.25) is 4.68 Å². The molecule has 0 fully saturated rings. The van der Waals surface area contributed by atoms with Crippen molar-refractivity contribution in [3.63, 3.8) is 0 Å². The normalized spacial score (nSPS) is 10.2. The summed E-state index contributed by atoms with van der Waals surface area (Å²) in [6, 6.07) is 9.32. The first-order valence-electron chi connectivity index (χ1n) is 5.14. The highest BCUT2D eigenvalue weighted by Gasteiger charge is 2.09. The van der Waals surface area contributed by atoms with Gasteiger partial charge in [-0.1, -0.05) is 12.1 Å². The number of hydrogen-bond acceptors (Lipinski definition) is 4. The van der Waals surface area contributed by atoms with Crippen molar-refractivity contribution in [1.29, 1.82) is 5.26 Å². The van der Waals surface area contributed by atoms with E-state index in [1.54, 1.807) is 23.9 Å². The number of aryl methyl sites for hydroxylation is 1. The van der Waals surface area contributed by atoms with E-state index in [-0.39, 0.29) is 0 Å². The molecule has 0 aliphatic carbocycles. The highest BCUT2D eigenvalue weighted by Crippen LogP contribution is 2.16. The third-order valence-corrected chi connectivity index (χ3v) is 2.38. The first-order chi connectivity index (χ1) is 8.24. The molecule has 0 unspecified atom stereocenters. The summed E-state index contributed by atoms with van der Waals surface area (Å²) in [5, 5.41) is 13.1. The quantitative estimate of drug-likeness (QED) is 0.798. The van der Waals surface area contributed by atoms with Crippen molar-refractivity contribution in [1.82, 2.24) is 14.8 Å². The standard InChI is InChI=1S/C12H12N4O/c1-16-11(8-17-2)14-12(15-16)10-5-3-4-9(6-10)7-13/h3-6H,8H2,1-2H3. The smallest absolute Gasteiger partial charge is 0.181 e. The topological polar surface area (TPSA) is 63.7 Å². The predicted octanol–water partition coefficient (Wildman–Crippen LogP) is 1.50. The molecule has 86 valence electrons. The zero-order valence-corrected chi connectivity index (χ0v) is 9.71. The molecule has 0 aliphatic heterocycles. The molecule has 2 aromatic rings. The zero-order chi connectivity index (χ0) is 12.3. The van der Waals surface area contributed by atoms with Gasteiger partial charge in [0.15, 0.2) is 11.6 Å². The van der Waals surface area contributed by atoms with Gasteiger partial charge in [0.05, 0.1) is 11.6 Å². The minimum Gasteiger partial charge on any atom is -0.377 e. The van der Waals surface area contributed by atoms with Gasteiger partial charge < -0.3 is 4.74 Å². The van der Waals surface area contributed by atoms with Gasteiger partial charge in [-0.25, -0.2) is 4.98 Å². The minimum atomic E-state index is 0.418. The number of nitriles is 1. The first-order valence-corrected chi connectivity index (χ1v) is 5.14. The molecule has 0 radical (unpaired) electrons. The maximum atomic E-state index is 8.84. The highest BCUT2D eigenvalue weighted by molar-refractivity contribution is 5.57. The van der Waals surface area contributed by atoms with Crippen molar-refractivity contribution in [3.05, 3.63) is 35.7 Å². The molecule has 5 heteroatoms. The van der Waals surface area contributed by atoms with Gasteiger partial charge in [-0.15, -0.1) is 0 Å². The lowest BCUT2D eigenvalue weighted by molar-refractivity contribution is 0.174. The van der Waals surface area contributed by atoms with Gasteiger partial charge in [0.2, 0.25) is 0 Å². The zero-order valence-electron chi connectivity index (χ0n) is 9.71. The van der Waals surface area contributed by atoms with Gasteiger partial charge >= 0.3 is 0 Å². The summed E-state index contributed by atoms with van der Waals surface area (Å²) in [4.78, 5) is 4.36. The van der Waals surface area contributed by atoms with E-state index in [1.165, 1.54) is 0 Å². The number of nitrogens with zero attached hydrogens (tertiary/aromatic N) is 4. The SMILES string of the molecule is COCc1nc(-c2cccc(C#N)c2)nn1C. The Bertz CT molecular complexity index is 568. The average Bonchev–Trinajstić information content (AvgIpc) is 2.72. The fourth-order valence-electron chi connectivity index (χ4n) is 1.52. The summed E-state index contributed by atoms with van der Waals surface area (Å²) >= 11 is 0. The lowest BCUT2D eigenvalue weighted by atomic mass is 10.1. The van der Waals surface area contributed by atoms with E-state index >= 15 is 0 Å². The van der Waals surface area contributed by atoms with Crippen molar-refractivity contribution >= 4 is 0 Å². The number of aromatic nitrogens is 3. The summed E-state index contributed by atoms with van der Waals surface area (Å²) in [5.74, 6) is 1.36. The molecule has 0 atom stereocenters. The third-order valence-electron chi connectivity index (χ3n) is 2.38. The fourth-order valence-corrected chi connectivity index (χ4v) is 1.52. The molecule has 0 saturated heterocycles. The van der Waals surface area contributed by atoms with Crippen LogP contribution in [0, 0.1) is 11.3 Å². The second-order valence-electron chi connectivity index (χ2n) is 3.60. The molecule has 0 aliphatic rings. The molecule has 0 spiro atoms. The van der Waals surface area contributed by atoms with Crippen molar-refractivity contribution in [2.75, 3.05) is 7.11 Å². The summed E-state index contributed by atoms with van der Waals surface area (Å²) in [6.45, 7) is 0.418. The van der Waals surface area contributed by atoms with Crippen LogP contribution in [0.3, 0.4) is 0 Å². The Morgan fingerprint density at radius 1 is 1.47 bits per heavy atom. The number of ether oxygens (including phenoxy) is 1. The largest absolute Gasteiger partial charge is 0.377 e. The Morgan fingerprint density at radius 3 is 3.00 bits per heavy atom. The lowest BCUT2D eigenvalue weighted by Gasteiger charge is -1.95. The molecule has 1 aromatic carbocycles. The van der Waals surface area contributed by atoms with Gasteiger partial charge in [-0.2, -0.15) is 10.4 Å². The number of hydrogen-bond donors (Lipinski definition) is 0. The molecular weight excluding hydrogens is 216 g/mol. The van der Waals surface area contributed by atoms with Crippen LogP contribution in [0.1, 0.15) is 11.4 Å². The maximum Gasteiger partial charge on any atom is 0.181 e. The third kappa shape index (κ3) is 2.32. The number of rotatable bonds is 3. The van der Waals surface area contributed by atoms with E-state index in [9.17, 15) is 0 Å². The minimum absolute atomic E-state index is 0.418. The number of methoxy groups -OCH3 is 1. The van der Waals surface area contributed by atoms with Crippen molar-refractivity contribution in [2.45, 2.75) is 6.61 Å². The van der Waals surface area contributed by atoms with E-state index < -0.39 is 0 Å². The monoisotopic (exact) mass is 228 g/mol. The van der Waals surface area contributed by atoms with E-state index in [2.05, 4.69) is 16.2 Å². The van der Waals surface area contributed by atoms with Crippen molar-refractivity contribution in [3.8, 4) is 17.5 Å². The van der Waals surface area contributed by atoms with E-state index in [1.807, 2.05) is 19.2 Å². The lowest BCUT2D eigenvalue weighted by Crippen LogP contribution is -2.00. The van der Waals surface area contributed by atoms with Gasteiger partial charge in [0.25, 0.3) is 0 Å². The Labute approximate surface area is 99.3 Å². The molecule has 2 rings (SSSR count). The van der Waals surface area contributed by atoms with E-state index in [0.29, 0.717) is 18.0 Å². The summed E-state index contributed by atoms with van der Waals surface area (Å²) in [7, 11) is 3.43. The number of benzene rings is 1. The predicted molar refractivity (Wildman–Crippen MR) is 61.9 cm³/mol. The molecular formula is C12H12N4O. The molecule has 17 heavy (non-hydrogen) atoms. The van der Waals surface area contributed by atoms with Crippen LogP contribution in [0.25, 0.3) is 11.4 Å². The summed E-state index contributed by atoms with van der Waals surface area (Å²) in [6.07, 6.45) is 0. The summed E-state index contributed by atoms with van der Waals surface area (Å²) in [5.41, 5.74) is 1.44. The van der Waals surface area contributed by atoms with Crippen LogP contribution in [-0.2, 0) is 18.4 Å². The van der Waals surface area contributed by atoms with Gasteiger partial charge in [0.1, 0.15) is 6.61 Å². The van der Waals surface area contributed by atoms with Crippen LogP contribution in [0.4, 0.5) is 0 Å². The maximum absolute atomic E-state index is 8.84. The van der Waals surface area contributed by atoms with Crippen LogP contribution in [-0.4, -0.2) is 21.9 Å². The van der Waals surface area contributed by atoms with E-state index in [4.69, 9.17) is 10.00 Å². The molecule has 0 N–H and O–H groups in total. The highest BCUT2D eigenvalue weighted by atomic mass is 16.5. The van der Waals surface area contributed by atoms with Crippen molar-refractivity contribution < 1.29 is 4.74 Å². The molecule has 0 bridgehead atoms. The Morgan fingerprint density at radius 2 is 2.29 bits per heavy atom. The first kappa shape index (κ1) is 11.3. The Kier molecular flexibility index (Phi) is 3.17. The van der Waals surface area contributed by atoms with Gasteiger partial charge in [0, 0.05) is 19.7 Å². The second kappa shape index (κ2) is 4.76. The van der Waals surface area contributed by atoms with Crippen LogP contribution < -0.4 is 0 Å². The van der Waals surface area contributed by atoms with Crippen LogP contribution in [0.15, 0.2) is 24.3 Å². The molecule has 5 nitrogen and oxygen atoms in total. The molecule has 1 heterocycles. The molecule has 0 amide bonds. The fraction of sp³-hybridized carbons (Fsp3) is 0.250. The van der Waals surface area contributed by atoms with Gasteiger partial charge in [-0.05, 0) is 12.1 Å². The Hall–Kier alpha value is -2.19. The average molecular weight is 228 g/mol. The summed E-state index contributed by atoms with van der Waals surface area (Å²) < 4.78 is 6.71. The van der Waals surface area contributed by atoms with Crippen molar-refractivity contribution in [2.24, 2.45) is 7.05 Å².